The number of urea groups is 1. The SMILES string of the molecule is COc1ccc(S(=O)(=O)N2CCN(C(=O)NC3CC3)CC2)cc1. The van der Waals surface area contributed by atoms with Crippen LogP contribution in [0.25, 0.3) is 0 Å². The first kappa shape index (κ1) is 16.1. The Hall–Kier alpha value is -1.80. The molecule has 1 aliphatic heterocycles. The normalized spacial score (nSPS) is 19.4. The van der Waals surface area contributed by atoms with Gasteiger partial charge in [0.1, 0.15) is 5.75 Å². The molecule has 2 fully saturated rings. The number of carbonyl (C=O) groups is 1. The Bertz CT molecular complexity index is 662. The summed E-state index contributed by atoms with van der Waals surface area (Å²) in [5.41, 5.74) is 0. The minimum absolute atomic E-state index is 0.0889. The van der Waals surface area contributed by atoms with Crippen molar-refractivity contribution < 1.29 is 17.9 Å². The smallest absolute Gasteiger partial charge is 0.317 e. The monoisotopic (exact) mass is 339 g/mol. The van der Waals surface area contributed by atoms with Crippen molar-refractivity contribution in [2.24, 2.45) is 0 Å². The molecule has 1 N–H and O–H groups in total. The van der Waals surface area contributed by atoms with Gasteiger partial charge in [0.05, 0.1) is 12.0 Å². The van der Waals surface area contributed by atoms with Gasteiger partial charge >= 0.3 is 6.03 Å². The minimum atomic E-state index is -3.53. The largest absolute Gasteiger partial charge is 0.497 e. The summed E-state index contributed by atoms with van der Waals surface area (Å²) in [5.74, 6) is 0.616. The molecule has 23 heavy (non-hydrogen) atoms. The molecule has 0 spiro atoms. The van der Waals surface area contributed by atoms with Crippen molar-refractivity contribution in [1.82, 2.24) is 14.5 Å². The third-order valence-electron chi connectivity index (χ3n) is 4.13. The third kappa shape index (κ3) is 3.59. The van der Waals surface area contributed by atoms with Crippen molar-refractivity contribution in [3.63, 3.8) is 0 Å². The Balaban J connectivity index is 1.62. The van der Waals surface area contributed by atoms with E-state index in [4.69, 9.17) is 4.74 Å². The first-order valence-electron chi connectivity index (χ1n) is 7.70. The summed E-state index contributed by atoms with van der Waals surface area (Å²) in [5, 5.41) is 2.93. The molecule has 1 saturated heterocycles. The van der Waals surface area contributed by atoms with Crippen LogP contribution in [0.5, 0.6) is 5.75 Å². The molecular formula is C15H21N3O4S. The second-order valence-corrected chi connectivity index (χ2v) is 7.73. The highest BCUT2D eigenvalue weighted by Gasteiger charge is 2.32. The molecule has 0 aromatic heterocycles. The lowest BCUT2D eigenvalue weighted by Crippen LogP contribution is -2.53. The lowest BCUT2D eigenvalue weighted by atomic mass is 10.3. The maximum absolute atomic E-state index is 12.6. The van der Waals surface area contributed by atoms with Gasteiger partial charge in [0.2, 0.25) is 10.0 Å². The molecule has 1 saturated carbocycles. The van der Waals surface area contributed by atoms with Crippen LogP contribution in [0.4, 0.5) is 4.79 Å². The second kappa shape index (κ2) is 6.37. The molecule has 0 unspecified atom stereocenters. The van der Waals surface area contributed by atoms with E-state index in [2.05, 4.69) is 5.32 Å². The van der Waals surface area contributed by atoms with Crippen molar-refractivity contribution >= 4 is 16.1 Å². The van der Waals surface area contributed by atoms with Crippen LogP contribution in [0.3, 0.4) is 0 Å². The molecule has 1 aliphatic carbocycles. The number of sulfonamides is 1. The van der Waals surface area contributed by atoms with Gasteiger partial charge < -0.3 is 15.0 Å². The molecule has 1 aromatic carbocycles. The third-order valence-corrected chi connectivity index (χ3v) is 6.04. The zero-order valence-electron chi connectivity index (χ0n) is 13.1. The number of hydrogen-bond donors (Lipinski definition) is 1. The predicted molar refractivity (Wildman–Crippen MR) is 84.9 cm³/mol. The highest BCUT2D eigenvalue weighted by atomic mass is 32.2. The van der Waals surface area contributed by atoms with E-state index in [9.17, 15) is 13.2 Å². The first-order valence-corrected chi connectivity index (χ1v) is 9.14. The van der Waals surface area contributed by atoms with E-state index >= 15 is 0 Å². The number of piperazine rings is 1. The van der Waals surface area contributed by atoms with Gasteiger partial charge in [-0.05, 0) is 37.1 Å². The Morgan fingerprint density at radius 3 is 2.26 bits per heavy atom. The molecule has 0 bridgehead atoms. The van der Waals surface area contributed by atoms with Crippen molar-refractivity contribution in [1.29, 1.82) is 0 Å². The Morgan fingerprint density at radius 2 is 1.74 bits per heavy atom. The molecule has 1 heterocycles. The van der Waals surface area contributed by atoms with E-state index in [1.54, 1.807) is 29.2 Å². The van der Waals surface area contributed by atoms with Gasteiger partial charge in [0.15, 0.2) is 0 Å². The fourth-order valence-corrected chi connectivity index (χ4v) is 3.94. The van der Waals surface area contributed by atoms with Gasteiger partial charge in [0, 0.05) is 32.2 Å². The average molecular weight is 339 g/mol. The van der Waals surface area contributed by atoms with E-state index in [0.717, 1.165) is 12.8 Å². The van der Waals surface area contributed by atoms with Gasteiger partial charge in [-0.1, -0.05) is 0 Å². The van der Waals surface area contributed by atoms with Crippen LogP contribution >= 0.6 is 0 Å². The van der Waals surface area contributed by atoms with Gasteiger partial charge in [0.25, 0.3) is 0 Å². The highest BCUT2D eigenvalue weighted by molar-refractivity contribution is 7.89. The van der Waals surface area contributed by atoms with Crippen molar-refractivity contribution in [2.75, 3.05) is 33.3 Å². The number of nitrogens with one attached hydrogen (secondary N) is 1. The lowest BCUT2D eigenvalue weighted by Gasteiger charge is -2.34. The van der Waals surface area contributed by atoms with Crippen molar-refractivity contribution in [2.45, 2.75) is 23.8 Å². The summed E-state index contributed by atoms with van der Waals surface area (Å²) in [4.78, 5) is 13.9. The van der Waals surface area contributed by atoms with Crippen LogP contribution < -0.4 is 10.1 Å². The molecular weight excluding hydrogens is 318 g/mol. The van der Waals surface area contributed by atoms with Gasteiger partial charge in [-0.2, -0.15) is 4.31 Å². The zero-order chi connectivity index (χ0) is 16.4. The number of methoxy groups -OCH3 is 1. The fraction of sp³-hybridized carbons (Fsp3) is 0.533. The summed E-state index contributed by atoms with van der Waals surface area (Å²) in [6.07, 6.45) is 2.08. The summed E-state index contributed by atoms with van der Waals surface area (Å²) in [7, 11) is -1.99. The van der Waals surface area contributed by atoms with E-state index in [-0.39, 0.29) is 10.9 Å². The molecule has 126 valence electrons. The van der Waals surface area contributed by atoms with E-state index < -0.39 is 10.0 Å². The molecule has 2 amide bonds. The van der Waals surface area contributed by atoms with E-state index in [1.807, 2.05) is 0 Å². The van der Waals surface area contributed by atoms with Crippen LogP contribution in [0.2, 0.25) is 0 Å². The van der Waals surface area contributed by atoms with E-state index in [1.165, 1.54) is 11.4 Å². The molecule has 7 nitrogen and oxygen atoms in total. The molecule has 0 radical (unpaired) electrons. The number of hydrogen-bond acceptors (Lipinski definition) is 4. The van der Waals surface area contributed by atoms with Crippen LogP contribution in [0, 0.1) is 0 Å². The van der Waals surface area contributed by atoms with E-state index in [0.29, 0.717) is 38.0 Å². The summed E-state index contributed by atoms with van der Waals surface area (Å²) in [6, 6.07) is 6.57. The lowest BCUT2D eigenvalue weighted by molar-refractivity contribution is 0.172. The van der Waals surface area contributed by atoms with Crippen LogP contribution in [-0.4, -0.2) is 63.0 Å². The number of ether oxygens (including phenoxy) is 1. The van der Waals surface area contributed by atoms with Crippen LogP contribution in [-0.2, 0) is 10.0 Å². The standard InChI is InChI=1S/C15H21N3O4S/c1-22-13-4-6-14(7-5-13)23(20,21)18-10-8-17(9-11-18)15(19)16-12-2-3-12/h4-7,12H,2-3,8-11H2,1H3,(H,16,19). The molecule has 0 atom stereocenters. The molecule has 3 rings (SSSR count). The zero-order valence-corrected chi connectivity index (χ0v) is 13.9. The summed E-state index contributed by atoms with van der Waals surface area (Å²) < 4.78 is 31.7. The number of carbonyl (C=O) groups excluding carboxylic acids is 1. The summed E-state index contributed by atoms with van der Waals surface area (Å²) in [6.45, 7) is 1.45. The van der Waals surface area contributed by atoms with Gasteiger partial charge in [-0.25, -0.2) is 13.2 Å². The van der Waals surface area contributed by atoms with Gasteiger partial charge in [-0.15, -0.1) is 0 Å². The minimum Gasteiger partial charge on any atom is -0.497 e. The quantitative estimate of drug-likeness (QED) is 0.883. The maximum Gasteiger partial charge on any atom is 0.317 e. The molecule has 1 aromatic rings. The predicted octanol–water partition coefficient (Wildman–Crippen LogP) is 0.873. The molecule has 8 heteroatoms. The topological polar surface area (TPSA) is 79.0 Å². The number of rotatable bonds is 4. The Labute approximate surface area is 136 Å². The van der Waals surface area contributed by atoms with Gasteiger partial charge in [-0.3, -0.25) is 0 Å². The maximum atomic E-state index is 12.6. The Kier molecular flexibility index (Phi) is 4.45. The highest BCUT2D eigenvalue weighted by Crippen LogP contribution is 2.22. The van der Waals surface area contributed by atoms with Crippen LogP contribution in [0.1, 0.15) is 12.8 Å². The molecule has 2 aliphatic rings. The first-order chi connectivity index (χ1) is 11.0. The second-order valence-electron chi connectivity index (χ2n) is 5.79. The van der Waals surface area contributed by atoms with Crippen molar-refractivity contribution in [3.8, 4) is 5.75 Å². The number of amides is 2. The fourth-order valence-electron chi connectivity index (χ4n) is 2.52. The summed E-state index contributed by atoms with van der Waals surface area (Å²) >= 11 is 0. The van der Waals surface area contributed by atoms with Crippen molar-refractivity contribution in [3.05, 3.63) is 24.3 Å². The number of benzene rings is 1. The average Bonchev–Trinajstić information content (AvgIpc) is 3.39. The Morgan fingerprint density at radius 1 is 1.13 bits per heavy atom. The van der Waals surface area contributed by atoms with Crippen LogP contribution in [0.15, 0.2) is 29.2 Å². The number of nitrogens with zero attached hydrogens (tertiary/aromatic N) is 2.